The van der Waals surface area contributed by atoms with Crippen LogP contribution < -0.4 is 10.9 Å². The predicted octanol–water partition coefficient (Wildman–Crippen LogP) is 5.23. The van der Waals surface area contributed by atoms with E-state index in [0.29, 0.717) is 15.7 Å². The zero-order chi connectivity index (χ0) is 22.9. The van der Waals surface area contributed by atoms with Crippen LogP contribution in [-0.4, -0.2) is 15.7 Å². The number of hydrogen-bond acceptors (Lipinski definition) is 2. The summed E-state index contributed by atoms with van der Waals surface area (Å²) in [5.74, 6) is 0.421. The van der Waals surface area contributed by atoms with Crippen LogP contribution >= 0.6 is 0 Å². The molecule has 0 spiro atoms. The maximum absolute atomic E-state index is 13.3. The average molecular weight is 431 g/mol. The van der Waals surface area contributed by atoms with Gasteiger partial charge in [0.1, 0.15) is 0 Å². The molecule has 1 unspecified atom stereocenters. The fourth-order valence-electron chi connectivity index (χ4n) is 4.23. The van der Waals surface area contributed by atoms with Crippen molar-refractivity contribution in [2.75, 3.05) is 0 Å². The molecule has 0 aliphatic carbocycles. The van der Waals surface area contributed by atoms with E-state index in [1.165, 1.54) is 27.7 Å². The highest BCUT2D eigenvalue weighted by Gasteiger charge is 2.21. The first kappa shape index (κ1) is 23.3. The third-order valence-electron chi connectivity index (χ3n) is 6.28. The minimum atomic E-state index is -3.56. The van der Waals surface area contributed by atoms with Crippen LogP contribution in [0.4, 0.5) is 0 Å². The SMILES string of the molecule is CCC(C)c1ccc(S(=O)(=O)c2cc(C)c([B]c3c(C)cc(C)cc3C)c(C)c2)cc1. The van der Waals surface area contributed by atoms with E-state index >= 15 is 0 Å². The maximum Gasteiger partial charge on any atom is 0.206 e. The normalized spacial score (nSPS) is 12.6. The molecule has 0 bridgehead atoms. The topological polar surface area (TPSA) is 34.1 Å². The third kappa shape index (κ3) is 4.80. The molecule has 0 N–H and O–H groups in total. The first-order valence-electron chi connectivity index (χ1n) is 10.9. The van der Waals surface area contributed by atoms with E-state index in [-0.39, 0.29) is 0 Å². The summed E-state index contributed by atoms with van der Waals surface area (Å²) < 4.78 is 26.6. The lowest BCUT2D eigenvalue weighted by atomic mass is 9.58. The first-order valence-corrected chi connectivity index (χ1v) is 12.4. The van der Waals surface area contributed by atoms with Crippen LogP contribution in [0.25, 0.3) is 0 Å². The molecule has 2 nitrogen and oxygen atoms in total. The van der Waals surface area contributed by atoms with Gasteiger partial charge in [0, 0.05) is 0 Å². The van der Waals surface area contributed by atoms with Crippen molar-refractivity contribution < 1.29 is 8.42 Å². The van der Waals surface area contributed by atoms with E-state index < -0.39 is 9.84 Å². The molecule has 3 rings (SSSR count). The molecule has 1 radical (unpaired) electrons. The Balaban J connectivity index is 1.98. The van der Waals surface area contributed by atoms with Crippen LogP contribution in [-0.2, 0) is 9.84 Å². The van der Waals surface area contributed by atoms with Gasteiger partial charge in [0.25, 0.3) is 0 Å². The summed E-state index contributed by atoms with van der Waals surface area (Å²) in [6.07, 6.45) is 1.03. The molecule has 161 valence electrons. The molecule has 3 aromatic carbocycles. The van der Waals surface area contributed by atoms with Gasteiger partial charge in [0.05, 0.1) is 9.79 Å². The standard InChI is InChI=1S/C27H32BO2S/c1-8-18(3)23-9-11-24(12-10-23)31(29,30)25-15-21(6)27(22(7)16-25)28-26-19(4)13-17(2)14-20(26)5/h9-16,18H,8H2,1-7H3. The van der Waals surface area contributed by atoms with Gasteiger partial charge in [-0.05, 0) is 76.8 Å². The molecule has 0 amide bonds. The molecule has 0 heterocycles. The Morgan fingerprint density at radius 2 is 1.19 bits per heavy atom. The zero-order valence-electron chi connectivity index (χ0n) is 19.7. The van der Waals surface area contributed by atoms with Crippen molar-refractivity contribution in [3.8, 4) is 0 Å². The third-order valence-corrected chi connectivity index (χ3v) is 8.03. The average Bonchev–Trinajstić information content (AvgIpc) is 2.71. The van der Waals surface area contributed by atoms with Gasteiger partial charge < -0.3 is 0 Å². The van der Waals surface area contributed by atoms with Crippen LogP contribution in [0.5, 0.6) is 0 Å². The summed E-state index contributed by atoms with van der Waals surface area (Å²) in [6, 6.07) is 15.3. The number of rotatable bonds is 6. The summed E-state index contributed by atoms with van der Waals surface area (Å²) >= 11 is 0. The molecule has 0 saturated heterocycles. The largest absolute Gasteiger partial charge is 0.219 e. The van der Waals surface area contributed by atoms with Crippen molar-refractivity contribution in [3.05, 3.63) is 81.9 Å². The van der Waals surface area contributed by atoms with Crippen molar-refractivity contribution in [1.82, 2.24) is 0 Å². The number of benzene rings is 3. The minimum Gasteiger partial charge on any atom is -0.219 e. The molecule has 0 aromatic heterocycles. The van der Waals surface area contributed by atoms with Crippen LogP contribution in [0.1, 0.15) is 59.6 Å². The first-order chi connectivity index (χ1) is 14.5. The van der Waals surface area contributed by atoms with E-state index in [0.717, 1.165) is 23.0 Å². The monoisotopic (exact) mass is 431 g/mol. The number of aryl methyl sites for hydroxylation is 5. The Kier molecular flexibility index (Phi) is 6.81. The number of sulfone groups is 1. The van der Waals surface area contributed by atoms with Crippen LogP contribution in [0.3, 0.4) is 0 Å². The van der Waals surface area contributed by atoms with E-state index in [1.54, 1.807) is 24.3 Å². The Bertz CT molecular complexity index is 1160. The zero-order valence-corrected chi connectivity index (χ0v) is 20.5. The highest BCUT2D eigenvalue weighted by molar-refractivity contribution is 7.91. The highest BCUT2D eigenvalue weighted by atomic mass is 32.2. The van der Waals surface area contributed by atoms with E-state index in [9.17, 15) is 8.42 Å². The van der Waals surface area contributed by atoms with Gasteiger partial charge in [-0.1, -0.05) is 76.9 Å². The summed E-state index contributed by atoms with van der Waals surface area (Å²) in [7, 11) is -1.37. The Labute approximate surface area is 188 Å². The number of hydrogen-bond donors (Lipinski definition) is 0. The molecule has 4 heteroatoms. The fraction of sp³-hybridized carbons (Fsp3) is 0.333. The molecular formula is C27H32BO2S. The van der Waals surface area contributed by atoms with Gasteiger partial charge in [-0.2, -0.15) is 0 Å². The van der Waals surface area contributed by atoms with E-state index in [4.69, 9.17) is 0 Å². The van der Waals surface area contributed by atoms with Gasteiger partial charge in [-0.3, -0.25) is 0 Å². The second-order valence-corrected chi connectivity index (χ2v) is 10.8. The summed E-state index contributed by atoms with van der Waals surface area (Å²) in [4.78, 5) is 0.702. The van der Waals surface area contributed by atoms with Crippen molar-refractivity contribution in [2.24, 2.45) is 0 Å². The lowest BCUT2D eigenvalue weighted by molar-refractivity contribution is 0.596. The van der Waals surface area contributed by atoms with E-state index in [2.05, 4.69) is 54.0 Å². The molecule has 0 aliphatic rings. The summed E-state index contributed by atoms with van der Waals surface area (Å²) in [6.45, 7) is 14.6. The highest BCUT2D eigenvalue weighted by Crippen LogP contribution is 2.25. The van der Waals surface area contributed by atoms with Crippen LogP contribution in [0, 0.1) is 34.6 Å². The Morgan fingerprint density at radius 3 is 1.65 bits per heavy atom. The lowest BCUT2D eigenvalue weighted by Crippen LogP contribution is -2.34. The fourth-order valence-corrected chi connectivity index (χ4v) is 5.66. The second kappa shape index (κ2) is 9.04. The van der Waals surface area contributed by atoms with Crippen molar-refractivity contribution >= 4 is 28.0 Å². The second-order valence-electron chi connectivity index (χ2n) is 8.81. The van der Waals surface area contributed by atoms with Crippen molar-refractivity contribution in [3.63, 3.8) is 0 Å². The quantitative estimate of drug-likeness (QED) is 0.501. The van der Waals surface area contributed by atoms with E-state index in [1.807, 2.05) is 26.0 Å². The van der Waals surface area contributed by atoms with Crippen molar-refractivity contribution in [1.29, 1.82) is 0 Å². The van der Waals surface area contributed by atoms with Crippen LogP contribution in [0.2, 0.25) is 0 Å². The van der Waals surface area contributed by atoms with Crippen molar-refractivity contribution in [2.45, 2.75) is 70.6 Å². The molecule has 31 heavy (non-hydrogen) atoms. The summed E-state index contributed by atoms with van der Waals surface area (Å²) in [5, 5.41) is 0. The Morgan fingerprint density at radius 1 is 0.742 bits per heavy atom. The summed E-state index contributed by atoms with van der Waals surface area (Å²) in [5.41, 5.74) is 9.10. The maximum atomic E-state index is 13.3. The molecule has 0 fully saturated rings. The predicted molar refractivity (Wildman–Crippen MR) is 132 cm³/mol. The van der Waals surface area contributed by atoms with Gasteiger partial charge in [0.15, 0.2) is 7.28 Å². The van der Waals surface area contributed by atoms with Crippen LogP contribution in [0.15, 0.2) is 58.3 Å². The lowest BCUT2D eigenvalue weighted by Gasteiger charge is -2.16. The van der Waals surface area contributed by atoms with Gasteiger partial charge in [-0.25, -0.2) is 8.42 Å². The smallest absolute Gasteiger partial charge is 0.206 e. The molecule has 3 aromatic rings. The molecule has 1 atom stereocenters. The van der Waals surface area contributed by atoms with Gasteiger partial charge in [0.2, 0.25) is 9.84 Å². The van der Waals surface area contributed by atoms with Gasteiger partial charge in [-0.15, -0.1) is 0 Å². The molecular weight excluding hydrogens is 399 g/mol. The molecule has 0 saturated carbocycles. The van der Waals surface area contributed by atoms with Gasteiger partial charge >= 0.3 is 0 Å². The molecule has 0 aliphatic heterocycles. The Hall–Kier alpha value is -2.33. The minimum absolute atomic E-state index is 0.348.